The van der Waals surface area contributed by atoms with Gasteiger partial charge in [0.05, 0.1) is 9.95 Å². The Hall–Kier alpha value is -3.60. The number of furan rings is 1. The van der Waals surface area contributed by atoms with Crippen LogP contribution in [-0.2, 0) is 4.79 Å². The van der Waals surface area contributed by atoms with Crippen LogP contribution in [0.3, 0.4) is 0 Å². The molecule has 3 rings (SSSR count). The number of aryl methyl sites for hydroxylation is 1. The lowest BCUT2D eigenvalue weighted by Crippen LogP contribution is -2.14. The summed E-state index contributed by atoms with van der Waals surface area (Å²) in [6, 6.07) is 14.5. The second-order valence-electron chi connectivity index (χ2n) is 6.18. The predicted molar refractivity (Wildman–Crippen MR) is 114 cm³/mol. The summed E-state index contributed by atoms with van der Waals surface area (Å²) < 4.78 is 5.62. The number of amides is 1. The van der Waals surface area contributed by atoms with E-state index in [2.05, 4.69) is 5.32 Å². The molecule has 0 aliphatic carbocycles. The van der Waals surface area contributed by atoms with E-state index < -0.39 is 10.8 Å². The first kappa shape index (κ1) is 21.1. The fourth-order valence-corrected chi connectivity index (χ4v) is 3.18. The number of nitro groups is 1. The van der Waals surface area contributed by atoms with E-state index in [9.17, 15) is 20.2 Å². The lowest BCUT2D eigenvalue weighted by molar-refractivity contribution is -0.384. The zero-order chi connectivity index (χ0) is 21.8. The van der Waals surface area contributed by atoms with Gasteiger partial charge in [-0.1, -0.05) is 41.4 Å². The van der Waals surface area contributed by atoms with Gasteiger partial charge in [0.25, 0.3) is 11.6 Å². The highest BCUT2D eigenvalue weighted by atomic mass is 35.5. The zero-order valence-corrected chi connectivity index (χ0v) is 17.0. The third-order valence-electron chi connectivity index (χ3n) is 4.17. The number of rotatable bonds is 5. The summed E-state index contributed by atoms with van der Waals surface area (Å²) in [4.78, 5) is 22.9. The highest BCUT2D eigenvalue weighted by Crippen LogP contribution is 2.37. The average Bonchev–Trinajstić information content (AvgIpc) is 3.15. The van der Waals surface area contributed by atoms with Crippen LogP contribution in [0, 0.1) is 28.4 Å². The Kier molecular flexibility index (Phi) is 6.21. The number of carbonyl (C=O) groups excluding carboxylic acids is 1. The number of nitro benzene ring substituents is 1. The molecule has 0 aliphatic heterocycles. The third-order valence-corrected chi connectivity index (χ3v) is 4.79. The van der Waals surface area contributed by atoms with Crippen molar-refractivity contribution in [2.24, 2.45) is 0 Å². The molecule has 0 atom stereocenters. The van der Waals surface area contributed by atoms with E-state index in [-0.39, 0.29) is 38.4 Å². The van der Waals surface area contributed by atoms with E-state index in [4.69, 9.17) is 27.6 Å². The minimum Gasteiger partial charge on any atom is -0.457 e. The maximum Gasteiger partial charge on any atom is 0.288 e. The molecule has 0 unspecified atom stereocenters. The Balaban J connectivity index is 1.90. The highest BCUT2D eigenvalue weighted by molar-refractivity contribution is 6.37. The Morgan fingerprint density at radius 1 is 1.20 bits per heavy atom. The summed E-state index contributed by atoms with van der Waals surface area (Å²) >= 11 is 12.0. The number of para-hydroxylation sites is 1. The van der Waals surface area contributed by atoms with Crippen molar-refractivity contribution in [1.29, 1.82) is 5.26 Å². The third kappa shape index (κ3) is 4.51. The van der Waals surface area contributed by atoms with E-state index >= 15 is 0 Å². The molecule has 150 valence electrons. The normalized spacial score (nSPS) is 11.1. The number of halogens is 2. The first-order valence-electron chi connectivity index (χ1n) is 8.52. The molecule has 0 aliphatic rings. The Bertz CT molecular complexity index is 1230. The minimum atomic E-state index is -0.629. The molecule has 0 spiro atoms. The van der Waals surface area contributed by atoms with E-state index in [1.165, 1.54) is 30.3 Å². The van der Waals surface area contributed by atoms with Crippen molar-refractivity contribution >= 4 is 46.6 Å². The quantitative estimate of drug-likeness (QED) is 0.225. The summed E-state index contributed by atoms with van der Waals surface area (Å²) in [5, 5.41) is 23.2. The summed E-state index contributed by atoms with van der Waals surface area (Å²) in [6.07, 6.45) is 1.27. The number of benzene rings is 2. The topological polar surface area (TPSA) is 109 Å². The molecule has 0 saturated heterocycles. The molecule has 0 fully saturated rings. The number of nitriles is 1. The van der Waals surface area contributed by atoms with E-state index in [0.29, 0.717) is 5.69 Å². The second-order valence-corrected chi connectivity index (χ2v) is 7.00. The Morgan fingerprint density at radius 3 is 2.60 bits per heavy atom. The standard InChI is InChI=1S/C21H13Cl2N3O4/c1-12-4-2-3-5-18(12)25-21(27)13(11-24)8-14-6-7-20(30-14)15-9-19(26(28)29)17(23)10-16(15)22/h2-10H,1H3,(H,25,27)/b13-8-. The monoisotopic (exact) mass is 441 g/mol. The van der Waals surface area contributed by atoms with Crippen LogP contribution in [0.5, 0.6) is 0 Å². The predicted octanol–water partition coefficient (Wildman–Crippen LogP) is 6.02. The van der Waals surface area contributed by atoms with Crippen molar-refractivity contribution in [3.05, 3.63) is 85.6 Å². The van der Waals surface area contributed by atoms with Gasteiger partial charge >= 0.3 is 0 Å². The zero-order valence-electron chi connectivity index (χ0n) is 15.5. The van der Waals surface area contributed by atoms with Crippen LogP contribution in [0.25, 0.3) is 17.4 Å². The van der Waals surface area contributed by atoms with Crippen molar-refractivity contribution < 1.29 is 14.1 Å². The van der Waals surface area contributed by atoms with Gasteiger partial charge in [0.15, 0.2) is 0 Å². The van der Waals surface area contributed by atoms with Crippen molar-refractivity contribution in [3.63, 3.8) is 0 Å². The molecule has 3 aromatic rings. The van der Waals surface area contributed by atoms with Crippen LogP contribution in [-0.4, -0.2) is 10.8 Å². The number of hydrogen-bond acceptors (Lipinski definition) is 5. The summed E-state index contributed by atoms with van der Waals surface area (Å²) in [6.45, 7) is 1.83. The van der Waals surface area contributed by atoms with Gasteiger partial charge in [-0.25, -0.2) is 0 Å². The SMILES string of the molecule is Cc1ccccc1NC(=O)/C(C#N)=C\c1ccc(-c2cc([N+](=O)[O-])c(Cl)cc2Cl)o1. The van der Waals surface area contributed by atoms with Crippen molar-refractivity contribution in [3.8, 4) is 17.4 Å². The fourth-order valence-electron chi connectivity index (χ4n) is 2.64. The molecular formula is C21H13Cl2N3O4. The van der Waals surface area contributed by atoms with Crippen LogP contribution in [0.4, 0.5) is 11.4 Å². The lowest BCUT2D eigenvalue weighted by atomic mass is 10.1. The largest absolute Gasteiger partial charge is 0.457 e. The number of anilines is 1. The Labute approximate surface area is 181 Å². The summed E-state index contributed by atoms with van der Waals surface area (Å²) in [5.74, 6) is -0.164. The molecule has 1 N–H and O–H groups in total. The van der Waals surface area contributed by atoms with Crippen molar-refractivity contribution in [2.45, 2.75) is 6.92 Å². The molecule has 1 heterocycles. The molecule has 2 aromatic carbocycles. The van der Waals surface area contributed by atoms with Gasteiger partial charge in [-0.15, -0.1) is 0 Å². The van der Waals surface area contributed by atoms with Crippen LogP contribution in [0.15, 0.2) is 58.5 Å². The van der Waals surface area contributed by atoms with Gasteiger partial charge in [0, 0.05) is 23.4 Å². The molecular weight excluding hydrogens is 429 g/mol. The van der Waals surface area contributed by atoms with E-state index in [1.807, 2.05) is 25.1 Å². The maximum absolute atomic E-state index is 12.4. The molecule has 0 bridgehead atoms. The van der Waals surface area contributed by atoms with Gasteiger partial charge in [-0.3, -0.25) is 14.9 Å². The van der Waals surface area contributed by atoms with E-state index in [0.717, 1.165) is 5.56 Å². The number of nitrogens with one attached hydrogen (secondary N) is 1. The van der Waals surface area contributed by atoms with Gasteiger partial charge in [0.2, 0.25) is 0 Å². The van der Waals surface area contributed by atoms with Crippen LogP contribution < -0.4 is 5.32 Å². The van der Waals surface area contributed by atoms with Crippen LogP contribution in [0.2, 0.25) is 10.0 Å². The smallest absolute Gasteiger partial charge is 0.288 e. The first-order chi connectivity index (χ1) is 14.3. The lowest BCUT2D eigenvalue weighted by Gasteiger charge is -2.06. The molecule has 1 aromatic heterocycles. The van der Waals surface area contributed by atoms with Crippen molar-refractivity contribution in [1.82, 2.24) is 0 Å². The maximum atomic E-state index is 12.4. The molecule has 0 saturated carbocycles. The summed E-state index contributed by atoms with van der Waals surface area (Å²) in [5.41, 5.74) is 1.20. The fraction of sp³-hybridized carbons (Fsp3) is 0.0476. The van der Waals surface area contributed by atoms with Crippen LogP contribution >= 0.6 is 23.2 Å². The molecule has 30 heavy (non-hydrogen) atoms. The highest BCUT2D eigenvalue weighted by Gasteiger charge is 2.19. The second kappa shape index (κ2) is 8.82. The molecule has 9 heteroatoms. The van der Waals surface area contributed by atoms with Gasteiger partial charge in [-0.05, 0) is 36.8 Å². The molecule has 0 radical (unpaired) electrons. The summed E-state index contributed by atoms with van der Waals surface area (Å²) in [7, 11) is 0. The van der Waals surface area contributed by atoms with Gasteiger partial charge < -0.3 is 9.73 Å². The van der Waals surface area contributed by atoms with Gasteiger partial charge in [0.1, 0.15) is 28.2 Å². The minimum absolute atomic E-state index is 0.0972. The van der Waals surface area contributed by atoms with Crippen molar-refractivity contribution in [2.75, 3.05) is 5.32 Å². The Morgan fingerprint density at radius 2 is 1.93 bits per heavy atom. The number of hydrogen-bond donors (Lipinski definition) is 1. The number of nitrogens with zero attached hydrogens (tertiary/aromatic N) is 2. The van der Waals surface area contributed by atoms with E-state index in [1.54, 1.807) is 12.1 Å². The molecule has 7 nitrogen and oxygen atoms in total. The average molecular weight is 442 g/mol. The first-order valence-corrected chi connectivity index (χ1v) is 9.28. The van der Waals surface area contributed by atoms with Crippen LogP contribution in [0.1, 0.15) is 11.3 Å². The number of carbonyl (C=O) groups is 1. The van der Waals surface area contributed by atoms with Gasteiger partial charge in [-0.2, -0.15) is 5.26 Å². The molecule has 1 amide bonds.